The third kappa shape index (κ3) is 5.80. The molecule has 8 heteroatoms. The Morgan fingerprint density at radius 2 is 2.00 bits per heavy atom. The van der Waals surface area contributed by atoms with Gasteiger partial charge in [0.25, 0.3) is 0 Å². The Balaban J connectivity index is 1.85. The third-order valence-electron chi connectivity index (χ3n) is 2.91. The highest BCUT2D eigenvalue weighted by Gasteiger charge is 2.30. The van der Waals surface area contributed by atoms with Crippen LogP contribution in [0.25, 0.3) is 0 Å². The monoisotopic (exact) mass is 361 g/mol. The zero-order valence-electron chi connectivity index (χ0n) is 11.9. The Labute approximate surface area is 138 Å². The van der Waals surface area contributed by atoms with Crippen molar-refractivity contribution in [1.29, 1.82) is 0 Å². The van der Waals surface area contributed by atoms with Crippen LogP contribution in [0.4, 0.5) is 13.2 Å². The lowest BCUT2D eigenvalue weighted by Gasteiger charge is -2.09. The van der Waals surface area contributed by atoms with Gasteiger partial charge in [0.05, 0.1) is 12.1 Å². The van der Waals surface area contributed by atoms with Gasteiger partial charge in [-0.05, 0) is 23.1 Å². The summed E-state index contributed by atoms with van der Waals surface area (Å²) in [7, 11) is -1.56. The summed E-state index contributed by atoms with van der Waals surface area (Å²) in [5, 5.41) is 4.52. The predicted molar refractivity (Wildman–Crippen MR) is 84.3 cm³/mol. The van der Waals surface area contributed by atoms with Gasteiger partial charge in [-0.1, -0.05) is 24.3 Å². The number of benzene rings is 1. The molecule has 2 aromatic rings. The minimum atomic E-state index is -4.43. The highest BCUT2D eigenvalue weighted by atomic mass is 32.2. The molecule has 1 aromatic carbocycles. The average Bonchev–Trinajstić information content (AvgIpc) is 2.97. The van der Waals surface area contributed by atoms with Crippen LogP contribution in [0, 0.1) is 0 Å². The van der Waals surface area contributed by atoms with Crippen molar-refractivity contribution in [1.82, 2.24) is 5.32 Å². The normalized spacial score (nSPS) is 12.8. The highest BCUT2D eigenvalue weighted by Crippen LogP contribution is 2.29. The van der Waals surface area contributed by atoms with E-state index in [0.29, 0.717) is 12.1 Å². The molecule has 1 amide bonds. The molecule has 1 aromatic heterocycles. The van der Waals surface area contributed by atoms with Crippen molar-refractivity contribution in [3.8, 4) is 0 Å². The fraction of sp³-hybridized carbons (Fsp3) is 0.267. The fourth-order valence-electron chi connectivity index (χ4n) is 1.87. The van der Waals surface area contributed by atoms with E-state index in [-0.39, 0.29) is 17.4 Å². The molecule has 0 saturated heterocycles. The van der Waals surface area contributed by atoms with Crippen molar-refractivity contribution in [3.63, 3.8) is 0 Å². The largest absolute Gasteiger partial charge is 0.416 e. The molecule has 0 aliphatic heterocycles. The second kappa shape index (κ2) is 7.74. The van der Waals surface area contributed by atoms with Gasteiger partial charge in [-0.3, -0.25) is 9.00 Å². The van der Waals surface area contributed by atoms with Gasteiger partial charge in [0.1, 0.15) is 5.75 Å². The van der Waals surface area contributed by atoms with E-state index in [9.17, 15) is 22.2 Å². The first-order chi connectivity index (χ1) is 10.8. The van der Waals surface area contributed by atoms with E-state index in [1.165, 1.54) is 23.5 Å². The predicted octanol–water partition coefficient (Wildman–Crippen LogP) is 3.33. The standard InChI is InChI=1S/C15H14F3NO2S2/c16-15(17,18)12-4-1-3-11(7-12)9-23(21)10-14(20)19-8-13-5-2-6-22-13/h1-7H,8-10H2,(H,19,20)/t23-/m1/s1. The summed E-state index contributed by atoms with van der Waals surface area (Å²) in [6.07, 6.45) is -4.43. The van der Waals surface area contributed by atoms with E-state index in [4.69, 9.17) is 0 Å². The van der Waals surface area contributed by atoms with E-state index < -0.39 is 22.5 Å². The van der Waals surface area contributed by atoms with Crippen molar-refractivity contribution in [2.75, 3.05) is 5.75 Å². The average molecular weight is 361 g/mol. The van der Waals surface area contributed by atoms with Crippen molar-refractivity contribution in [2.45, 2.75) is 18.5 Å². The number of halogens is 3. The number of carbonyl (C=O) groups excluding carboxylic acids is 1. The molecule has 1 atom stereocenters. The van der Waals surface area contributed by atoms with Crippen LogP contribution in [0.2, 0.25) is 0 Å². The maximum atomic E-state index is 12.6. The Morgan fingerprint density at radius 3 is 2.65 bits per heavy atom. The molecular weight excluding hydrogens is 347 g/mol. The Morgan fingerprint density at radius 1 is 1.22 bits per heavy atom. The molecule has 0 spiro atoms. The maximum Gasteiger partial charge on any atom is 0.416 e. The van der Waals surface area contributed by atoms with Crippen LogP contribution in [0.5, 0.6) is 0 Å². The lowest BCUT2D eigenvalue weighted by Crippen LogP contribution is -2.27. The van der Waals surface area contributed by atoms with Crippen LogP contribution in [0.1, 0.15) is 16.0 Å². The Bertz CT molecular complexity index is 684. The quantitative estimate of drug-likeness (QED) is 0.858. The van der Waals surface area contributed by atoms with Crippen LogP contribution in [0.3, 0.4) is 0 Å². The number of hydrogen-bond donors (Lipinski definition) is 1. The van der Waals surface area contributed by atoms with E-state index >= 15 is 0 Å². The van der Waals surface area contributed by atoms with Gasteiger partial charge >= 0.3 is 6.18 Å². The second-order valence-corrected chi connectivity index (χ2v) is 7.27. The van der Waals surface area contributed by atoms with Gasteiger partial charge in [0.2, 0.25) is 5.91 Å². The fourth-order valence-corrected chi connectivity index (χ4v) is 3.56. The zero-order valence-corrected chi connectivity index (χ0v) is 13.6. The molecule has 1 N–H and O–H groups in total. The van der Waals surface area contributed by atoms with Crippen molar-refractivity contribution in [2.24, 2.45) is 0 Å². The van der Waals surface area contributed by atoms with Crippen LogP contribution in [-0.4, -0.2) is 15.9 Å². The topological polar surface area (TPSA) is 46.2 Å². The minimum Gasteiger partial charge on any atom is -0.350 e. The van der Waals surface area contributed by atoms with Crippen molar-refractivity contribution >= 4 is 28.0 Å². The second-order valence-electron chi connectivity index (χ2n) is 4.78. The molecule has 3 nitrogen and oxygen atoms in total. The van der Waals surface area contributed by atoms with Gasteiger partial charge in [-0.2, -0.15) is 13.2 Å². The lowest BCUT2D eigenvalue weighted by molar-refractivity contribution is -0.137. The molecule has 0 aliphatic rings. The first-order valence-corrected chi connectivity index (χ1v) is 9.01. The van der Waals surface area contributed by atoms with Crippen LogP contribution in [0.15, 0.2) is 41.8 Å². The molecule has 0 bridgehead atoms. The van der Waals surface area contributed by atoms with E-state index in [1.807, 2.05) is 17.5 Å². The third-order valence-corrected chi connectivity index (χ3v) is 5.03. The first kappa shape index (κ1) is 17.7. The first-order valence-electron chi connectivity index (χ1n) is 6.65. The van der Waals surface area contributed by atoms with Crippen molar-refractivity contribution in [3.05, 3.63) is 57.8 Å². The molecule has 124 valence electrons. The van der Waals surface area contributed by atoms with Crippen molar-refractivity contribution < 1.29 is 22.2 Å². The zero-order chi connectivity index (χ0) is 16.9. The molecule has 0 fully saturated rings. The van der Waals surface area contributed by atoms with Crippen LogP contribution in [-0.2, 0) is 34.1 Å². The Hall–Kier alpha value is -1.67. The van der Waals surface area contributed by atoms with Crippen LogP contribution >= 0.6 is 11.3 Å². The van der Waals surface area contributed by atoms with Gasteiger partial charge in [-0.15, -0.1) is 11.3 Å². The number of hydrogen-bond acceptors (Lipinski definition) is 3. The summed E-state index contributed by atoms with van der Waals surface area (Å²) in [5.74, 6) is -0.707. The summed E-state index contributed by atoms with van der Waals surface area (Å²) in [6.45, 7) is 0.358. The molecule has 1 heterocycles. The highest BCUT2D eigenvalue weighted by molar-refractivity contribution is 7.84. The van der Waals surface area contributed by atoms with E-state index in [0.717, 1.165) is 17.0 Å². The number of thiophene rings is 1. The number of carbonyl (C=O) groups is 1. The molecule has 0 aliphatic carbocycles. The van der Waals surface area contributed by atoms with E-state index in [2.05, 4.69) is 5.32 Å². The van der Waals surface area contributed by atoms with Gasteiger partial charge < -0.3 is 5.32 Å². The van der Waals surface area contributed by atoms with Gasteiger partial charge in [-0.25, -0.2) is 0 Å². The molecule has 0 unspecified atom stereocenters. The summed E-state index contributed by atoms with van der Waals surface area (Å²) < 4.78 is 49.8. The minimum absolute atomic E-state index is 0.0870. The number of rotatable bonds is 6. The number of alkyl halides is 3. The summed E-state index contributed by atoms with van der Waals surface area (Å²) in [4.78, 5) is 12.7. The molecular formula is C15H14F3NO2S2. The summed E-state index contributed by atoms with van der Waals surface area (Å²) in [5.41, 5.74) is -0.488. The van der Waals surface area contributed by atoms with Gasteiger partial charge in [0.15, 0.2) is 0 Å². The number of nitrogens with one attached hydrogen (secondary N) is 1. The van der Waals surface area contributed by atoms with Crippen LogP contribution < -0.4 is 5.32 Å². The smallest absolute Gasteiger partial charge is 0.350 e. The van der Waals surface area contributed by atoms with Gasteiger partial charge in [0, 0.05) is 21.4 Å². The molecule has 2 rings (SSSR count). The van der Waals surface area contributed by atoms with E-state index in [1.54, 1.807) is 0 Å². The summed E-state index contributed by atoms with van der Waals surface area (Å²) in [6, 6.07) is 8.38. The maximum absolute atomic E-state index is 12.6. The number of amides is 1. The summed E-state index contributed by atoms with van der Waals surface area (Å²) >= 11 is 1.49. The molecule has 0 radical (unpaired) electrons. The Kier molecular flexibility index (Phi) is 5.95. The molecule has 23 heavy (non-hydrogen) atoms. The molecule has 0 saturated carbocycles. The SMILES string of the molecule is O=C(C[S@](=O)Cc1cccc(C(F)(F)F)c1)NCc1cccs1. The lowest BCUT2D eigenvalue weighted by atomic mass is 10.1.